The van der Waals surface area contributed by atoms with E-state index in [4.69, 9.17) is 5.21 Å². The summed E-state index contributed by atoms with van der Waals surface area (Å²) in [6.45, 7) is 6.27. The minimum Gasteiger partial charge on any atom is -0.347 e. The molecule has 0 fully saturated rings. The molecule has 33 heavy (non-hydrogen) atoms. The van der Waals surface area contributed by atoms with Crippen LogP contribution in [0.15, 0.2) is 35.4 Å². The Morgan fingerprint density at radius 2 is 1.85 bits per heavy atom. The molecule has 0 aliphatic carbocycles. The largest absolute Gasteiger partial charge is 0.347 e. The van der Waals surface area contributed by atoms with Crippen molar-refractivity contribution in [3.63, 3.8) is 0 Å². The van der Waals surface area contributed by atoms with Crippen molar-refractivity contribution >= 4 is 21.9 Å². The van der Waals surface area contributed by atoms with Crippen LogP contribution in [0.25, 0.3) is 0 Å². The molecule has 0 saturated carbocycles. The van der Waals surface area contributed by atoms with Crippen LogP contribution in [0, 0.1) is 5.92 Å². The first-order valence-electron chi connectivity index (χ1n) is 10.9. The average Bonchev–Trinajstić information content (AvgIpc) is 3.13. The molecule has 0 aliphatic heterocycles. The second kappa shape index (κ2) is 11.9. The van der Waals surface area contributed by atoms with Gasteiger partial charge in [0.25, 0.3) is 16.0 Å². The Kier molecular flexibility index (Phi) is 9.56. The Morgan fingerprint density at radius 1 is 1.18 bits per heavy atom. The van der Waals surface area contributed by atoms with Gasteiger partial charge < -0.3 is 9.88 Å². The molecule has 182 valence electrons. The van der Waals surface area contributed by atoms with E-state index >= 15 is 0 Å². The molecule has 2 amide bonds. The van der Waals surface area contributed by atoms with Gasteiger partial charge in [0.05, 0.1) is 11.1 Å². The zero-order valence-electron chi connectivity index (χ0n) is 19.1. The standard InChI is InChI=1S/C22H32N4O6S/c1-4-5-6-20-23-13-19(22(28)24-17(11-15(2)3)12-21(27)25-29)26(20)14-16-7-9-18(10-8-16)33(30,31)32/h7-10,13,15,17,29H,4-6,11-12,14H2,1-3H3,(H,24,28)(H,25,27)(H,30,31,32). The quantitative estimate of drug-likeness (QED) is 0.207. The average molecular weight is 481 g/mol. The third-order valence-corrected chi connectivity index (χ3v) is 6.00. The van der Waals surface area contributed by atoms with E-state index in [1.165, 1.54) is 18.3 Å². The number of aromatic nitrogens is 2. The maximum Gasteiger partial charge on any atom is 0.294 e. The number of imidazole rings is 1. The molecule has 1 heterocycles. The number of hydroxylamine groups is 1. The highest BCUT2D eigenvalue weighted by Crippen LogP contribution is 2.16. The van der Waals surface area contributed by atoms with Crippen LogP contribution in [-0.4, -0.2) is 45.6 Å². The van der Waals surface area contributed by atoms with Crippen LogP contribution in [0.5, 0.6) is 0 Å². The van der Waals surface area contributed by atoms with Gasteiger partial charge in [-0.2, -0.15) is 8.42 Å². The summed E-state index contributed by atoms with van der Waals surface area (Å²) >= 11 is 0. The van der Waals surface area contributed by atoms with E-state index in [0.717, 1.165) is 24.2 Å². The lowest BCUT2D eigenvalue weighted by atomic mass is 10.0. The van der Waals surface area contributed by atoms with Gasteiger partial charge in [0.1, 0.15) is 11.5 Å². The number of rotatable bonds is 12. The van der Waals surface area contributed by atoms with Crippen LogP contribution in [-0.2, 0) is 27.9 Å². The Bertz CT molecular complexity index is 1050. The van der Waals surface area contributed by atoms with E-state index in [1.54, 1.807) is 22.2 Å². The Balaban J connectivity index is 2.31. The highest BCUT2D eigenvalue weighted by Gasteiger charge is 2.22. The van der Waals surface area contributed by atoms with E-state index < -0.39 is 28.0 Å². The fourth-order valence-corrected chi connectivity index (χ4v) is 4.03. The van der Waals surface area contributed by atoms with Crippen molar-refractivity contribution in [2.45, 2.75) is 70.4 Å². The summed E-state index contributed by atoms with van der Waals surface area (Å²) in [5, 5.41) is 11.7. The molecule has 1 atom stereocenters. The van der Waals surface area contributed by atoms with E-state index in [0.29, 0.717) is 18.5 Å². The molecular formula is C22H32N4O6S. The highest BCUT2D eigenvalue weighted by atomic mass is 32.2. The van der Waals surface area contributed by atoms with E-state index in [9.17, 15) is 22.6 Å². The van der Waals surface area contributed by atoms with Crippen LogP contribution in [0.1, 0.15) is 68.3 Å². The Labute approximate surface area is 194 Å². The third kappa shape index (κ3) is 7.95. The molecule has 0 aliphatic rings. The molecule has 4 N–H and O–H groups in total. The molecule has 1 aromatic heterocycles. The summed E-state index contributed by atoms with van der Waals surface area (Å²) in [6.07, 6.45) is 4.47. The smallest absolute Gasteiger partial charge is 0.294 e. The first kappa shape index (κ1) is 26.5. The van der Waals surface area contributed by atoms with Crippen LogP contribution >= 0.6 is 0 Å². The maximum atomic E-state index is 13.1. The first-order valence-corrected chi connectivity index (χ1v) is 12.3. The minimum absolute atomic E-state index is 0.0612. The van der Waals surface area contributed by atoms with Crippen molar-refractivity contribution in [3.05, 3.63) is 47.5 Å². The lowest BCUT2D eigenvalue weighted by Gasteiger charge is -2.20. The fraction of sp³-hybridized carbons (Fsp3) is 0.500. The van der Waals surface area contributed by atoms with Gasteiger partial charge in [0.2, 0.25) is 5.91 Å². The molecule has 2 rings (SSSR count). The van der Waals surface area contributed by atoms with E-state index in [1.807, 2.05) is 13.8 Å². The number of hydrogen-bond acceptors (Lipinski definition) is 6. The van der Waals surface area contributed by atoms with Crippen LogP contribution < -0.4 is 10.8 Å². The van der Waals surface area contributed by atoms with Gasteiger partial charge in [-0.25, -0.2) is 10.5 Å². The van der Waals surface area contributed by atoms with Gasteiger partial charge in [-0.3, -0.25) is 19.3 Å². The molecular weight excluding hydrogens is 448 g/mol. The number of benzene rings is 1. The monoisotopic (exact) mass is 480 g/mol. The lowest BCUT2D eigenvalue weighted by Crippen LogP contribution is -2.40. The molecule has 0 radical (unpaired) electrons. The van der Waals surface area contributed by atoms with Crippen LogP contribution in [0.4, 0.5) is 0 Å². The number of nitrogens with one attached hydrogen (secondary N) is 2. The van der Waals surface area contributed by atoms with Crippen molar-refractivity contribution < 1.29 is 27.8 Å². The molecule has 10 nitrogen and oxygen atoms in total. The first-order chi connectivity index (χ1) is 15.5. The number of carbonyl (C=O) groups excluding carboxylic acids is 2. The summed E-state index contributed by atoms with van der Waals surface area (Å²) in [4.78, 5) is 29.0. The lowest BCUT2D eigenvalue weighted by molar-refractivity contribution is -0.129. The van der Waals surface area contributed by atoms with Gasteiger partial charge in [0, 0.05) is 25.4 Å². The van der Waals surface area contributed by atoms with Gasteiger partial charge in [-0.15, -0.1) is 0 Å². The van der Waals surface area contributed by atoms with Crippen molar-refractivity contribution in [2.24, 2.45) is 5.92 Å². The molecule has 0 bridgehead atoms. The van der Waals surface area contributed by atoms with Gasteiger partial charge >= 0.3 is 0 Å². The predicted octanol–water partition coefficient (Wildman–Crippen LogP) is 2.56. The molecule has 11 heteroatoms. The van der Waals surface area contributed by atoms with Crippen LogP contribution in [0.2, 0.25) is 0 Å². The molecule has 0 spiro atoms. The number of hydrogen-bond donors (Lipinski definition) is 4. The zero-order valence-corrected chi connectivity index (χ0v) is 19.9. The molecule has 2 aromatic rings. The number of nitrogens with zero attached hydrogens (tertiary/aromatic N) is 2. The second-order valence-corrected chi connectivity index (χ2v) is 9.83. The summed E-state index contributed by atoms with van der Waals surface area (Å²) in [5.74, 6) is -0.0456. The number of carbonyl (C=O) groups is 2. The Morgan fingerprint density at radius 3 is 2.39 bits per heavy atom. The summed E-state index contributed by atoms with van der Waals surface area (Å²) in [6, 6.07) is 5.28. The van der Waals surface area contributed by atoms with Crippen LogP contribution in [0.3, 0.4) is 0 Å². The highest BCUT2D eigenvalue weighted by molar-refractivity contribution is 7.85. The summed E-state index contributed by atoms with van der Waals surface area (Å²) < 4.78 is 33.5. The summed E-state index contributed by atoms with van der Waals surface area (Å²) in [5.41, 5.74) is 2.64. The molecule has 1 unspecified atom stereocenters. The normalized spacial score (nSPS) is 12.5. The van der Waals surface area contributed by atoms with E-state index in [2.05, 4.69) is 17.2 Å². The summed E-state index contributed by atoms with van der Waals surface area (Å²) in [7, 11) is -4.29. The van der Waals surface area contributed by atoms with Crippen molar-refractivity contribution in [1.82, 2.24) is 20.3 Å². The van der Waals surface area contributed by atoms with Crippen molar-refractivity contribution in [2.75, 3.05) is 0 Å². The van der Waals surface area contributed by atoms with Crippen molar-refractivity contribution in [3.8, 4) is 0 Å². The minimum atomic E-state index is -4.29. The third-order valence-electron chi connectivity index (χ3n) is 5.13. The topological polar surface area (TPSA) is 151 Å². The van der Waals surface area contributed by atoms with Gasteiger partial charge in [0.15, 0.2) is 0 Å². The molecule has 0 saturated heterocycles. The fourth-order valence-electron chi connectivity index (χ4n) is 3.55. The maximum absolute atomic E-state index is 13.1. The number of unbranched alkanes of at least 4 members (excludes halogenated alkanes) is 1. The predicted molar refractivity (Wildman–Crippen MR) is 121 cm³/mol. The van der Waals surface area contributed by atoms with Gasteiger partial charge in [-0.05, 0) is 36.5 Å². The van der Waals surface area contributed by atoms with E-state index in [-0.39, 0.29) is 23.8 Å². The number of amides is 2. The van der Waals surface area contributed by atoms with Crippen molar-refractivity contribution in [1.29, 1.82) is 0 Å². The SMILES string of the molecule is CCCCc1ncc(C(=O)NC(CC(=O)NO)CC(C)C)n1Cc1ccc(S(=O)(=O)O)cc1. The second-order valence-electron chi connectivity index (χ2n) is 8.41. The zero-order chi connectivity index (χ0) is 24.6. The molecule has 1 aromatic carbocycles. The Hall–Kier alpha value is -2.76. The number of aryl methyl sites for hydroxylation is 1. The van der Waals surface area contributed by atoms with Gasteiger partial charge in [-0.1, -0.05) is 39.3 Å².